The molecular formula is C50H95O10P. The number of carbonyl (C=O) groups is 2. The Bertz CT molecular complexity index is 1070. The Morgan fingerprint density at radius 3 is 1.30 bits per heavy atom. The third-order valence-corrected chi connectivity index (χ3v) is 12.1. The molecule has 0 fully saturated rings. The number of aliphatic hydroxyl groups excluding tert-OH is 2. The van der Waals surface area contributed by atoms with E-state index in [1.165, 1.54) is 154 Å². The maximum Gasteiger partial charge on any atom is 0.472 e. The summed E-state index contributed by atoms with van der Waals surface area (Å²) in [5.74, 6) is -0.916. The summed E-state index contributed by atoms with van der Waals surface area (Å²) in [7, 11) is -4.62. The zero-order valence-corrected chi connectivity index (χ0v) is 40.3. The van der Waals surface area contributed by atoms with Crippen molar-refractivity contribution in [2.24, 2.45) is 0 Å². The quantitative estimate of drug-likeness (QED) is 0.0233. The Hall–Kier alpha value is -1.55. The number of aliphatic hydroxyl groups is 2. The normalized spacial score (nSPS) is 13.9. The lowest BCUT2D eigenvalue weighted by Gasteiger charge is -2.20. The lowest BCUT2D eigenvalue weighted by molar-refractivity contribution is -0.161. The zero-order chi connectivity index (χ0) is 44.8. The van der Waals surface area contributed by atoms with E-state index in [0.717, 1.165) is 51.4 Å². The summed E-state index contributed by atoms with van der Waals surface area (Å²) in [6, 6.07) is 0. The van der Waals surface area contributed by atoms with Crippen molar-refractivity contribution in [3.63, 3.8) is 0 Å². The first-order valence-corrected chi connectivity index (χ1v) is 26.8. The smallest absolute Gasteiger partial charge is 0.462 e. The fraction of sp³-hybridized carbons (Fsp3) is 0.880. The highest BCUT2D eigenvalue weighted by atomic mass is 31.2. The van der Waals surface area contributed by atoms with Crippen LogP contribution in [0, 0.1) is 0 Å². The van der Waals surface area contributed by atoms with Crippen LogP contribution in [0.4, 0.5) is 0 Å². The predicted molar refractivity (Wildman–Crippen MR) is 252 cm³/mol. The monoisotopic (exact) mass is 887 g/mol. The summed E-state index contributed by atoms with van der Waals surface area (Å²) in [5, 5.41) is 18.4. The summed E-state index contributed by atoms with van der Waals surface area (Å²) in [6.07, 6.45) is 48.5. The minimum absolute atomic E-state index is 0.182. The van der Waals surface area contributed by atoms with Gasteiger partial charge in [0, 0.05) is 12.8 Å². The molecule has 0 saturated carbocycles. The van der Waals surface area contributed by atoms with E-state index >= 15 is 0 Å². The van der Waals surface area contributed by atoms with Crippen LogP contribution in [0.25, 0.3) is 0 Å². The summed E-state index contributed by atoms with van der Waals surface area (Å²) < 4.78 is 32.9. The number of allylic oxidation sites excluding steroid dienone is 4. The Morgan fingerprint density at radius 1 is 0.492 bits per heavy atom. The second kappa shape index (κ2) is 46.4. The number of carbonyl (C=O) groups excluding carboxylic acids is 2. The highest BCUT2D eigenvalue weighted by molar-refractivity contribution is 7.47. The lowest BCUT2D eigenvalue weighted by Crippen LogP contribution is -2.29. The molecule has 0 aliphatic rings. The number of hydrogen-bond acceptors (Lipinski definition) is 9. The van der Waals surface area contributed by atoms with Crippen molar-refractivity contribution in [1.29, 1.82) is 0 Å². The van der Waals surface area contributed by atoms with Gasteiger partial charge < -0.3 is 24.6 Å². The molecular weight excluding hydrogens is 792 g/mol. The van der Waals surface area contributed by atoms with Gasteiger partial charge in [0.15, 0.2) is 6.10 Å². The van der Waals surface area contributed by atoms with Gasteiger partial charge in [0.1, 0.15) is 12.7 Å². The molecule has 0 aromatic rings. The zero-order valence-electron chi connectivity index (χ0n) is 39.4. The van der Waals surface area contributed by atoms with Crippen molar-refractivity contribution in [3.05, 3.63) is 24.3 Å². The van der Waals surface area contributed by atoms with Crippen LogP contribution >= 0.6 is 7.82 Å². The van der Waals surface area contributed by atoms with Crippen LogP contribution in [0.3, 0.4) is 0 Å². The van der Waals surface area contributed by atoms with E-state index in [4.69, 9.17) is 23.6 Å². The molecule has 61 heavy (non-hydrogen) atoms. The van der Waals surface area contributed by atoms with Crippen molar-refractivity contribution in [2.75, 3.05) is 26.4 Å². The molecule has 0 aliphatic carbocycles. The first-order chi connectivity index (χ1) is 29.7. The first kappa shape index (κ1) is 59.5. The van der Waals surface area contributed by atoms with Gasteiger partial charge in [0.05, 0.1) is 19.8 Å². The van der Waals surface area contributed by atoms with E-state index in [9.17, 15) is 24.2 Å². The van der Waals surface area contributed by atoms with Gasteiger partial charge >= 0.3 is 19.8 Å². The molecule has 0 heterocycles. The molecule has 3 atom stereocenters. The number of phosphoric ester groups is 1. The van der Waals surface area contributed by atoms with Crippen molar-refractivity contribution in [1.82, 2.24) is 0 Å². The molecule has 0 radical (unpaired) electrons. The van der Waals surface area contributed by atoms with Gasteiger partial charge in [-0.25, -0.2) is 4.57 Å². The number of rotatable bonds is 48. The number of hydrogen-bond donors (Lipinski definition) is 3. The van der Waals surface area contributed by atoms with Crippen molar-refractivity contribution in [3.8, 4) is 0 Å². The maximum absolute atomic E-state index is 12.7. The van der Waals surface area contributed by atoms with E-state index < -0.39 is 51.8 Å². The fourth-order valence-electron chi connectivity index (χ4n) is 7.20. The Morgan fingerprint density at radius 2 is 0.852 bits per heavy atom. The first-order valence-electron chi connectivity index (χ1n) is 25.3. The third-order valence-electron chi connectivity index (χ3n) is 11.1. The average molecular weight is 887 g/mol. The third kappa shape index (κ3) is 46.3. The van der Waals surface area contributed by atoms with Gasteiger partial charge in [-0.05, 0) is 44.9 Å². The Balaban J connectivity index is 4.17. The van der Waals surface area contributed by atoms with Crippen molar-refractivity contribution < 1.29 is 47.8 Å². The number of ether oxygens (including phenoxy) is 2. The van der Waals surface area contributed by atoms with Crippen LogP contribution in [0.2, 0.25) is 0 Å². The minimum Gasteiger partial charge on any atom is -0.462 e. The van der Waals surface area contributed by atoms with Crippen LogP contribution in [0.15, 0.2) is 24.3 Å². The van der Waals surface area contributed by atoms with Crippen LogP contribution in [0.5, 0.6) is 0 Å². The molecule has 10 nitrogen and oxygen atoms in total. The molecule has 0 rings (SSSR count). The van der Waals surface area contributed by atoms with Crippen LogP contribution in [-0.2, 0) is 32.7 Å². The number of esters is 2. The molecule has 360 valence electrons. The van der Waals surface area contributed by atoms with Crippen LogP contribution in [0.1, 0.15) is 245 Å². The molecule has 0 aliphatic heterocycles. The largest absolute Gasteiger partial charge is 0.472 e. The molecule has 3 N–H and O–H groups in total. The predicted octanol–water partition coefficient (Wildman–Crippen LogP) is 14.1. The van der Waals surface area contributed by atoms with Gasteiger partial charge in [-0.15, -0.1) is 0 Å². The summed E-state index contributed by atoms with van der Waals surface area (Å²) >= 11 is 0. The average Bonchev–Trinajstić information content (AvgIpc) is 3.25. The highest BCUT2D eigenvalue weighted by Gasteiger charge is 2.27. The van der Waals surface area contributed by atoms with Gasteiger partial charge in [0.2, 0.25) is 0 Å². The molecule has 0 amide bonds. The molecule has 0 spiro atoms. The second-order valence-corrected chi connectivity index (χ2v) is 18.7. The van der Waals surface area contributed by atoms with E-state index in [1.54, 1.807) is 0 Å². The maximum atomic E-state index is 12.7. The fourth-order valence-corrected chi connectivity index (χ4v) is 7.99. The minimum atomic E-state index is -4.62. The van der Waals surface area contributed by atoms with Gasteiger partial charge in [-0.3, -0.25) is 18.6 Å². The molecule has 11 heteroatoms. The van der Waals surface area contributed by atoms with Crippen LogP contribution < -0.4 is 0 Å². The van der Waals surface area contributed by atoms with E-state index in [1.807, 2.05) is 0 Å². The van der Waals surface area contributed by atoms with E-state index in [2.05, 4.69) is 38.2 Å². The Labute approximate surface area is 374 Å². The standard InChI is InChI=1S/C50H95O10P/c1-3-5-7-9-11-13-15-17-19-21-23-25-27-29-31-33-35-37-39-41-49(53)57-45-48(46-59-61(55,56)58-44-47(52)43-51)60-50(54)42-40-38-36-34-32-30-28-26-24-22-20-18-16-14-12-10-8-6-4-2/h12,14,18,20,47-48,51-52H,3-11,13,15-17,19,21-46H2,1-2H3,(H,55,56)/b14-12-,20-18-. The molecule has 0 bridgehead atoms. The molecule has 0 aromatic carbocycles. The Kier molecular flexibility index (Phi) is 45.3. The van der Waals surface area contributed by atoms with Gasteiger partial charge in [-0.1, -0.05) is 212 Å². The highest BCUT2D eigenvalue weighted by Crippen LogP contribution is 2.43. The summed E-state index contributed by atoms with van der Waals surface area (Å²) in [4.78, 5) is 35.2. The molecule has 0 aromatic heterocycles. The summed E-state index contributed by atoms with van der Waals surface area (Å²) in [6.45, 7) is 2.40. The SMILES string of the molecule is CCCCC/C=C\C/C=C\CCCCCCCCCCCC(=O)OC(COC(=O)CCCCCCCCCCCCCCCCCCCCC)COP(=O)(O)OCC(O)CO. The number of phosphoric acid groups is 1. The van der Waals surface area contributed by atoms with Crippen molar-refractivity contribution in [2.45, 2.75) is 257 Å². The lowest BCUT2D eigenvalue weighted by atomic mass is 10.0. The molecule has 0 saturated heterocycles. The van der Waals surface area contributed by atoms with Gasteiger partial charge in [0.25, 0.3) is 0 Å². The van der Waals surface area contributed by atoms with Gasteiger partial charge in [-0.2, -0.15) is 0 Å². The summed E-state index contributed by atoms with van der Waals surface area (Å²) in [5.41, 5.74) is 0. The van der Waals surface area contributed by atoms with Crippen molar-refractivity contribution >= 4 is 19.8 Å². The van der Waals surface area contributed by atoms with Crippen LogP contribution in [-0.4, -0.2) is 65.7 Å². The topological polar surface area (TPSA) is 149 Å². The van der Waals surface area contributed by atoms with E-state index in [0.29, 0.717) is 12.8 Å². The second-order valence-electron chi connectivity index (χ2n) is 17.2. The molecule has 3 unspecified atom stereocenters. The number of unbranched alkanes of at least 4 members (excludes halogenated alkanes) is 30. The van der Waals surface area contributed by atoms with E-state index in [-0.39, 0.29) is 19.4 Å².